The van der Waals surface area contributed by atoms with Crippen molar-refractivity contribution in [3.63, 3.8) is 0 Å². The van der Waals surface area contributed by atoms with Crippen molar-refractivity contribution < 1.29 is 9.53 Å². The standard InChI is InChI=1S/C22H25N3O2S/c1-5-13-25-21(18-8-6-7-15(2)14-18)23-24-22(25)28-16(3)20(26)17-9-11-19(27-4)12-10-17/h6-12,14,16H,5,13H2,1-4H3/t16-/m0/s1. The highest BCUT2D eigenvalue weighted by molar-refractivity contribution is 8.00. The monoisotopic (exact) mass is 395 g/mol. The van der Waals surface area contributed by atoms with Crippen LogP contribution in [0.4, 0.5) is 0 Å². The molecule has 0 amide bonds. The van der Waals surface area contributed by atoms with E-state index in [0.717, 1.165) is 35.3 Å². The van der Waals surface area contributed by atoms with Gasteiger partial charge in [-0.05, 0) is 50.6 Å². The number of hydrogen-bond donors (Lipinski definition) is 0. The van der Waals surface area contributed by atoms with E-state index in [0.29, 0.717) is 5.56 Å². The molecule has 3 rings (SSSR count). The number of rotatable bonds is 8. The second kappa shape index (κ2) is 9.06. The average molecular weight is 396 g/mol. The van der Waals surface area contributed by atoms with Crippen molar-refractivity contribution in [3.05, 3.63) is 59.7 Å². The lowest BCUT2D eigenvalue weighted by molar-refractivity contribution is 0.0994. The van der Waals surface area contributed by atoms with Gasteiger partial charge in [0.1, 0.15) is 5.75 Å². The summed E-state index contributed by atoms with van der Waals surface area (Å²) in [4.78, 5) is 12.8. The maximum Gasteiger partial charge on any atom is 0.192 e. The summed E-state index contributed by atoms with van der Waals surface area (Å²) in [6.07, 6.45) is 0.964. The van der Waals surface area contributed by atoms with Crippen molar-refractivity contribution in [1.82, 2.24) is 14.8 Å². The summed E-state index contributed by atoms with van der Waals surface area (Å²) in [7, 11) is 1.61. The van der Waals surface area contributed by atoms with E-state index in [-0.39, 0.29) is 11.0 Å². The molecule has 0 fully saturated rings. The van der Waals surface area contributed by atoms with Gasteiger partial charge in [0.2, 0.25) is 0 Å². The third-order valence-corrected chi connectivity index (χ3v) is 5.55. The van der Waals surface area contributed by atoms with Gasteiger partial charge in [-0.15, -0.1) is 10.2 Å². The van der Waals surface area contributed by atoms with Gasteiger partial charge in [-0.1, -0.05) is 42.4 Å². The van der Waals surface area contributed by atoms with E-state index in [1.807, 2.05) is 19.1 Å². The van der Waals surface area contributed by atoms with Gasteiger partial charge in [-0.3, -0.25) is 4.79 Å². The third kappa shape index (κ3) is 4.44. The number of thioether (sulfide) groups is 1. The minimum atomic E-state index is -0.265. The zero-order chi connectivity index (χ0) is 20.1. The molecule has 1 heterocycles. The van der Waals surface area contributed by atoms with Gasteiger partial charge in [0, 0.05) is 17.7 Å². The summed E-state index contributed by atoms with van der Waals surface area (Å²) in [6, 6.07) is 15.5. The Balaban J connectivity index is 1.83. The Bertz CT molecular complexity index is 951. The molecule has 0 N–H and O–H groups in total. The van der Waals surface area contributed by atoms with E-state index in [4.69, 9.17) is 4.74 Å². The first kappa shape index (κ1) is 20.1. The van der Waals surface area contributed by atoms with Crippen molar-refractivity contribution in [2.24, 2.45) is 0 Å². The van der Waals surface area contributed by atoms with Crippen molar-refractivity contribution in [2.45, 2.75) is 44.1 Å². The van der Waals surface area contributed by atoms with Gasteiger partial charge < -0.3 is 9.30 Å². The highest BCUT2D eigenvalue weighted by Crippen LogP contribution is 2.29. The van der Waals surface area contributed by atoms with Crippen LogP contribution < -0.4 is 4.74 Å². The number of benzene rings is 2. The lowest BCUT2D eigenvalue weighted by atomic mass is 10.1. The third-order valence-electron chi connectivity index (χ3n) is 4.47. The predicted molar refractivity (Wildman–Crippen MR) is 113 cm³/mol. The number of aromatic nitrogens is 3. The number of aryl methyl sites for hydroxylation is 1. The van der Waals surface area contributed by atoms with Crippen LogP contribution in [-0.2, 0) is 6.54 Å². The Kier molecular flexibility index (Phi) is 6.52. The minimum Gasteiger partial charge on any atom is -0.497 e. The van der Waals surface area contributed by atoms with Crippen LogP contribution in [0.1, 0.15) is 36.2 Å². The first-order chi connectivity index (χ1) is 13.5. The maximum absolute atomic E-state index is 12.8. The Hall–Kier alpha value is -2.60. The molecule has 0 aliphatic heterocycles. The number of Topliss-reactive ketones (excluding diaryl/α,β-unsaturated/α-hetero) is 1. The molecule has 146 valence electrons. The van der Waals surface area contributed by atoms with E-state index in [1.165, 1.54) is 17.3 Å². The Morgan fingerprint density at radius 2 is 1.93 bits per heavy atom. The number of nitrogens with zero attached hydrogens (tertiary/aromatic N) is 3. The van der Waals surface area contributed by atoms with Gasteiger partial charge >= 0.3 is 0 Å². The molecule has 5 nitrogen and oxygen atoms in total. The van der Waals surface area contributed by atoms with Crippen molar-refractivity contribution >= 4 is 17.5 Å². The molecule has 0 aliphatic carbocycles. The van der Waals surface area contributed by atoms with Crippen LogP contribution in [0.2, 0.25) is 0 Å². The second-order valence-electron chi connectivity index (χ2n) is 6.68. The molecule has 0 bridgehead atoms. The SMILES string of the molecule is CCCn1c(S[C@@H](C)C(=O)c2ccc(OC)cc2)nnc1-c1cccc(C)c1. The van der Waals surface area contributed by atoms with Gasteiger partial charge in [0.15, 0.2) is 16.8 Å². The van der Waals surface area contributed by atoms with E-state index < -0.39 is 0 Å². The number of carbonyl (C=O) groups excluding carboxylic acids is 1. The summed E-state index contributed by atoms with van der Waals surface area (Å²) in [5.74, 6) is 1.65. The maximum atomic E-state index is 12.8. The van der Waals surface area contributed by atoms with Gasteiger partial charge in [-0.2, -0.15) is 0 Å². The van der Waals surface area contributed by atoms with Crippen LogP contribution in [0.5, 0.6) is 5.75 Å². The summed E-state index contributed by atoms with van der Waals surface area (Å²) in [5.41, 5.74) is 2.89. The van der Waals surface area contributed by atoms with Gasteiger partial charge in [0.05, 0.1) is 12.4 Å². The van der Waals surface area contributed by atoms with E-state index in [2.05, 4.69) is 40.7 Å². The molecule has 1 atom stereocenters. The van der Waals surface area contributed by atoms with E-state index in [1.54, 1.807) is 31.4 Å². The van der Waals surface area contributed by atoms with E-state index in [9.17, 15) is 4.79 Å². The fraction of sp³-hybridized carbons (Fsp3) is 0.318. The van der Waals surface area contributed by atoms with Gasteiger partial charge in [0.25, 0.3) is 0 Å². The summed E-state index contributed by atoms with van der Waals surface area (Å²) < 4.78 is 7.27. The Labute approximate surface area is 170 Å². The first-order valence-corrected chi connectivity index (χ1v) is 10.3. The summed E-state index contributed by atoms with van der Waals surface area (Å²) in [5, 5.41) is 9.31. The first-order valence-electron chi connectivity index (χ1n) is 9.38. The fourth-order valence-corrected chi connectivity index (χ4v) is 3.95. The molecule has 0 saturated heterocycles. The molecular weight excluding hydrogens is 370 g/mol. The topological polar surface area (TPSA) is 57.0 Å². The van der Waals surface area contributed by atoms with Crippen LogP contribution in [-0.4, -0.2) is 32.9 Å². The van der Waals surface area contributed by atoms with E-state index >= 15 is 0 Å². The van der Waals surface area contributed by atoms with Crippen molar-refractivity contribution in [3.8, 4) is 17.1 Å². The van der Waals surface area contributed by atoms with Crippen LogP contribution in [0.3, 0.4) is 0 Å². The quantitative estimate of drug-likeness (QED) is 0.395. The molecule has 28 heavy (non-hydrogen) atoms. The molecule has 0 saturated carbocycles. The lowest BCUT2D eigenvalue weighted by Crippen LogP contribution is -2.15. The van der Waals surface area contributed by atoms with Gasteiger partial charge in [-0.25, -0.2) is 0 Å². The second-order valence-corrected chi connectivity index (χ2v) is 7.99. The molecule has 0 aliphatic rings. The van der Waals surface area contributed by atoms with Crippen LogP contribution in [0.25, 0.3) is 11.4 Å². The molecule has 3 aromatic rings. The summed E-state index contributed by atoms with van der Waals surface area (Å²) in [6.45, 7) is 6.91. The normalized spacial score (nSPS) is 12.0. The fourth-order valence-electron chi connectivity index (χ4n) is 3.00. The van der Waals surface area contributed by atoms with Crippen molar-refractivity contribution in [2.75, 3.05) is 7.11 Å². The molecule has 0 radical (unpaired) electrons. The largest absolute Gasteiger partial charge is 0.497 e. The van der Waals surface area contributed by atoms with Crippen LogP contribution >= 0.6 is 11.8 Å². The van der Waals surface area contributed by atoms with Crippen LogP contribution in [0.15, 0.2) is 53.7 Å². The molecule has 0 unspecified atom stereocenters. The zero-order valence-electron chi connectivity index (χ0n) is 16.7. The highest BCUT2D eigenvalue weighted by atomic mass is 32.2. The molecular formula is C22H25N3O2S. The zero-order valence-corrected chi connectivity index (χ0v) is 17.5. The number of carbonyl (C=O) groups is 1. The lowest BCUT2D eigenvalue weighted by Gasteiger charge is -2.13. The smallest absolute Gasteiger partial charge is 0.192 e. The number of methoxy groups -OCH3 is 1. The minimum absolute atomic E-state index is 0.0656. The Morgan fingerprint density at radius 3 is 2.57 bits per heavy atom. The average Bonchev–Trinajstić information content (AvgIpc) is 3.10. The predicted octanol–water partition coefficient (Wildman–Crippen LogP) is 5.04. The number of ether oxygens (including phenoxy) is 1. The Morgan fingerprint density at radius 1 is 1.18 bits per heavy atom. The van der Waals surface area contributed by atoms with Crippen LogP contribution in [0, 0.1) is 6.92 Å². The summed E-state index contributed by atoms with van der Waals surface area (Å²) >= 11 is 1.45. The number of hydrogen-bond acceptors (Lipinski definition) is 5. The highest BCUT2D eigenvalue weighted by Gasteiger charge is 2.21. The molecule has 2 aromatic carbocycles. The molecule has 1 aromatic heterocycles. The number of ketones is 1. The molecule has 6 heteroatoms. The van der Waals surface area contributed by atoms with Crippen molar-refractivity contribution in [1.29, 1.82) is 0 Å². The molecule has 0 spiro atoms.